The molecule has 178 valence electrons. The molecule has 1 heteroatoms. The van der Waals surface area contributed by atoms with E-state index in [2.05, 4.69) is 135 Å². The Labute approximate surface area is 217 Å². The minimum absolute atomic E-state index is 0.928. The second-order valence-corrected chi connectivity index (χ2v) is 10.3. The Hall–Kier alpha value is -4.36. The van der Waals surface area contributed by atoms with Crippen molar-refractivity contribution in [2.24, 2.45) is 0 Å². The summed E-state index contributed by atoms with van der Waals surface area (Å²) in [6.45, 7) is 7.46. The largest absolute Gasteiger partial charge is 0.340 e. The fraction of sp³-hybridized carbons (Fsp3) is 0.111. The van der Waals surface area contributed by atoms with Gasteiger partial charge in [-0.05, 0) is 65.9 Å². The van der Waals surface area contributed by atoms with Gasteiger partial charge in [0.15, 0.2) is 0 Å². The Morgan fingerprint density at radius 2 is 0.811 bits per heavy atom. The second kappa shape index (κ2) is 8.35. The number of fused-ring (bicyclic) bond motifs is 7. The fourth-order valence-corrected chi connectivity index (χ4v) is 5.92. The van der Waals surface area contributed by atoms with Gasteiger partial charge in [-0.3, -0.25) is 0 Å². The van der Waals surface area contributed by atoms with Gasteiger partial charge in [0.25, 0.3) is 0 Å². The van der Waals surface area contributed by atoms with Crippen LogP contribution in [0.1, 0.15) is 18.1 Å². The predicted octanol–water partition coefficient (Wildman–Crippen LogP) is 10.1. The number of hydrogen-bond acceptors (Lipinski definition) is 0. The zero-order valence-corrected chi connectivity index (χ0v) is 21.5. The molecule has 1 nitrogen and oxygen atoms in total. The Bertz CT molecular complexity index is 1810. The molecule has 7 aromatic rings. The van der Waals surface area contributed by atoms with Crippen molar-refractivity contribution in [3.63, 3.8) is 0 Å². The zero-order chi connectivity index (χ0) is 25.1. The molecule has 0 saturated heterocycles. The molecule has 0 saturated carbocycles. The summed E-state index contributed by atoms with van der Waals surface area (Å²) in [6.07, 6.45) is 0. The van der Waals surface area contributed by atoms with Crippen molar-refractivity contribution in [3.05, 3.63) is 120 Å². The number of benzene rings is 6. The van der Waals surface area contributed by atoms with E-state index in [1.807, 2.05) is 0 Å². The molecule has 0 fully saturated rings. The summed E-state index contributed by atoms with van der Waals surface area (Å²) >= 11 is 0. The summed E-state index contributed by atoms with van der Waals surface area (Å²) in [5.74, 6) is 0. The summed E-state index contributed by atoms with van der Waals surface area (Å²) in [6, 6.07) is 40.7. The van der Waals surface area contributed by atoms with E-state index in [-0.39, 0.29) is 0 Å². The molecule has 1 heterocycles. The lowest BCUT2D eigenvalue weighted by Crippen LogP contribution is -1.95. The van der Waals surface area contributed by atoms with Crippen molar-refractivity contribution in [2.45, 2.75) is 27.3 Å². The van der Waals surface area contributed by atoms with Crippen LogP contribution in [0.2, 0.25) is 0 Å². The zero-order valence-electron chi connectivity index (χ0n) is 21.5. The van der Waals surface area contributed by atoms with Crippen LogP contribution in [0.3, 0.4) is 0 Å². The van der Waals surface area contributed by atoms with Crippen molar-refractivity contribution >= 4 is 43.4 Å². The highest BCUT2D eigenvalue weighted by atomic mass is 15.0. The van der Waals surface area contributed by atoms with Crippen molar-refractivity contribution < 1.29 is 0 Å². The maximum absolute atomic E-state index is 2.52. The van der Waals surface area contributed by atoms with E-state index in [4.69, 9.17) is 0 Å². The van der Waals surface area contributed by atoms with Crippen LogP contribution in [0.25, 0.3) is 65.6 Å². The molecular weight excluding hydrogens is 446 g/mol. The molecule has 37 heavy (non-hydrogen) atoms. The van der Waals surface area contributed by atoms with E-state index in [1.165, 1.54) is 76.7 Å². The van der Waals surface area contributed by atoms with Crippen LogP contribution >= 0.6 is 0 Å². The summed E-state index contributed by atoms with van der Waals surface area (Å²) in [5, 5.41) is 7.86. The first-order valence-corrected chi connectivity index (χ1v) is 13.2. The van der Waals surface area contributed by atoms with Crippen molar-refractivity contribution in [1.82, 2.24) is 4.57 Å². The standard InChI is InChI=1S/C36H29N/c1-4-37-35-31-17-13-27(25-9-5-23(2)6-10-25)21-29(31)15-19-33(35)34-20-16-30-22-28(14-18-32(30)36(34)37)26-11-7-24(3)8-12-26/h5-22H,4H2,1-3H3. The molecule has 0 spiro atoms. The van der Waals surface area contributed by atoms with Gasteiger partial charge in [-0.25, -0.2) is 0 Å². The number of aryl methyl sites for hydroxylation is 3. The summed E-state index contributed by atoms with van der Waals surface area (Å²) in [5.41, 5.74) is 10.3. The van der Waals surface area contributed by atoms with Crippen LogP contribution in [-0.2, 0) is 6.54 Å². The lowest BCUT2D eigenvalue weighted by Gasteiger charge is -2.10. The van der Waals surface area contributed by atoms with E-state index in [1.54, 1.807) is 0 Å². The van der Waals surface area contributed by atoms with Crippen LogP contribution in [0.15, 0.2) is 109 Å². The first kappa shape index (κ1) is 21.9. The van der Waals surface area contributed by atoms with Gasteiger partial charge in [-0.2, -0.15) is 0 Å². The second-order valence-electron chi connectivity index (χ2n) is 10.3. The van der Waals surface area contributed by atoms with Gasteiger partial charge in [0, 0.05) is 28.1 Å². The third-order valence-corrected chi connectivity index (χ3v) is 7.90. The maximum Gasteiger partial charge on any atom is 0.0571 e. The third kappa shape index (κ3) is 3.46. The van der Waals surface area contributed by atoms with Crippen LogP contribution in [-0.4, -0.2) is 4.57 Å². The highest BCUT2D eigenvalue weighted by Crippen LogP contribution is 2.39. The van der Waals surface area contributed by atoms with Gasteiger partial charge in [0.05, 0.1) is 11.0 Å². The Kier molecular flexibility index (Phi) is 4.94. The van der Waals surface area contributed by atoms with Gasteiger partial charge in [0.1, 0.15) is 0 Å². The Morgan fingerprint density at radius 1 is 0.432 bits per heavy atom. The molecule has 0 aliphatic rings. The molecule has 6 aromatic carbocycles. The minimum Gasteiger partial charge on any atom is -0.340 e. The molecule has 0 radical (unpaired) electrons. The van der Waals surface area contributed by atoms with Crippen LogP contribution in [0, 0.1) is 13.8 Å². The van der Waals surface area contributed by atoms with E-state index in [0.717, 1.165) is 6.54 Å². The molecule has 0 unspecified atom stereocenters. The number of hydrogen-bond donors (Lipinski definition) is 0. The minimum atomic E-state index is 0.928. The van der Waals surface area contributed by atoms with E-state index < -0.39 is 0 Å². The van der Waals surface area contributed by atoms with Crippen LogP contribution in [0.4, 0.5) is 0 Å². The molecule has 0 aliphatic carbocycles. The summed E-state index contributed by atoms with van der Waals surface area (Å²) in [4.78, 5) is 0. The van der Waals surface area contributed by atoms with Gasteiger partial charge in [0.2, 0.25) is 0 Å². The highest BCUT2D eigenvalue weighted by Gasteiger charge is 2.16. The monoisotopic (exact) mass is 475 g/mol. The molecule has 1 aromatic heterocycles. The first-order chi connectivity index (χ1) is 18.1. The molecule has 7 rings (SSSR count). The number of nitrogens with zero attached hydrogens (tertiary/aromatic N) is 1. The van der Waals surface area contributed by atoms with E-state index >= 15 is 0 Å². The van der Waals surface area contributed by atoms with Crippen LogP contribution in [0.5, 0.6) is 0 Å². The molecule has 0 atom stereocenters. The van der Waals surface area contributed by atoms with E-state index in [0.29, 0.717) is 0 Å². The molecule has 0 N–H and O–H groups in total. The van der Waals surface area contributed by atoms with Crippen molar-refractivity contribution in [1.29, 1.82) is 0 Å². The predicted molar refractivity (Wildman–Crippen MR) is 160 cm³/mol. The highest BCUT2D eigenvalue weighted by molar-refractivity contribution is 6.23. The molecule has 0 aliphatic heterocycles. The summed E-state index contributed by atoms with van der Waals surface area (Å²) in [7, 11) is 0. The average Bonchev–Trinajstić information content (AvgIpc) is 3.27. The number of rotatable bonds is 3. The lowest BCUT2D eigenvalue weighted by atomic mass is 9.98. The van der Waals surface area contributed by atoms with Crippen LogP contribution < -0.4 is 0 Å². The van der Waals surface area contributed by atoms with Gasteiger partial charge < -0.3 is 4.57 Å². The Balaban J connectivity index is 1.46. The average molecular weight is 476 g/mol. The molecule has 0 amide bonds. The quantitative estimate of drug-likeness (QED) is 0.239. The molecule has 0 bridgehead atoms. The van der Waals surface area contributed by atoms with Gasteiger partial charge in [-0.1, -0.05) is 108 Å². The SMILES string of the molecule is CCn1c2c3ccc(-c4ccc(C)cc4)cc3ccc2c2ccc3cc(-c4ccc(C)cc4)ccc3c21. The smallest absolute Gasteiger partial charge is 0.0571 e. The number of aromatic nitrogens is 1. The van der Waals surface area contributed by atoms with E-state index in [9.17, 15) is 0 Å². The van der Waals surface area contributed by atoms with Crippen molar-refractivity contribution in [3.8, 4) is 22.3 Å². The van der Waals surface area contributed by atoms with Gasteiger partial charge >= 0.3 is 0 Å². The molecular formula is C36H29N. The fourth-order valence-electron chi connectivity index (χ4n) is 5.92. The first-order valence-electron chi connectivity index (χ1n) is 13.2. The normalized spacial score (nSPS) is 11.8. The van der Waals surface area contributed by atoms with Gasteiger partial charge in [-0.15, -0.1) is 0 Å². The Morgan fingerprint density at radius 3 is 1.22 bits per heavy atom. The third-order valence-electron chi connectivity index (χ3n) is 7.90. The maximum atomic E-state index is 2.52. The van der Waals surface area contributed by atoms with Crippen molar-refractivity contribution in [2.75, 3.05) is 0 Å². The summed E-state index contributed by atoms with van der Waals surface area (Å²) < 4.78 is 2.52. The topological polar surface area (TPSA) is 4.93 Å². The lowest BCUT2D eigenvalue weighted by molar-refractivity contribution is 0.832.